The fourth-order valence-corrected chi connectivity index (χ4v) is 13.2. The largest absolute Gasteiger partial charge is 0.489 e. The number of aromatic nitrogens is 1. The molecule has 2 aromatic rings. The number of hydrogen-bond acceptors (Lipinski definition) is 12. The van der Waals surface area contributed by atoms with Crippen LogP contribution in [0.2, 0.25) is 0 Å². The zero-order valence-corrected chi connectivity index (χ0v) is 38.6. The molecule has 9 atom stereocenters. The number of Topliss-reactive ketones (excluding diaryl/α,β-unsaturated/α-hetero) is 1. The molecule has 352 valence electrons. The number of benzene rings is 1. The number of carbonyl (C=O) groups is 4. The lowest BCUT2D eigenvalue weighted by Gasteiger charge is -2.40. The van der Waals surface area contributed by atoms with E-state index in [-0.39, 0.29) is 80.1 Å². The molecule has 5 heterocycles. The molecule has 10 rings (SSSR count). The summed E-state index contributed by atoms with van der Waals surface area (Å²) in [6.07, 6.45) is 13.2. The Labute approximate surface area is 382 Å². The third kappa shape index (κ3) is 9.19. The van der Waals surface area contributed by atoms with E-state index in [1.807, 2.05) is 18.2 Å². The minimum absolute atomic E-state index is 0.0422. The SMILES string of the molecule is C=C[C@@H]1C[C@]1(CC(=O)[C@@H]1C[C@@H]2CN1C(=O)[C@H](C1CCCCC1)CC(=O)O[C@@H]1C[C@H]1CCCCCc1c(nc3ccccc3c1OC1CC3COCC(C1)N3)O2)C(=O)NS(=O)(=O)C1(C)CC1. The highest BCUT2D eigenvalue weighted by atomic mass is 32.2. The maximum Gasteiger partial charge on any atom is 0.306 e. The van der Waals surface area contributed by atoms with Gasteiger partial charge in [-0.1, -0.05) is 50.3 Å². The van der Waals surface area contributed by atoms with Gasteiger partial charge in [-0.15, -0.1) is 6.58 Å². The van der Waals surface area contributed by atoms with Crippen LogP contribution in [0.3, 0.4) is 0 Å². The summed E-state index contributed by atoms with van der Waals surface area (Å²) in [7, 11) is -3.97. The first-order chi connectivity index (χ1) is 31.3. The number of piperidine rings is 1. The first kappa shape index (κ1) is 44.7. The number of rotatable bonds is 10. The predicted molar refractivity (Wildman–Crippen MR) is 241 cm³/mol. The average molecular weight is 915 g/mol. The van der Waals surface area contributed by atoms with E-state index < -0.39 is 50.1 Å². The molecule has 14 nitrogen and oxygen atoms in total. The van der Waals surface area contributed by atoms with Crippen molar-refractivity contribution in [2.75, 3.05) is 19.8 Å². The van der Waals surface area contributed by atoms with Crippen LogP contribution in [0.4, 0.5) is 0 Å². The standard InChI is InChI=1S/C50H66N4O10S/c1-3-32-25-50(32,48(58)53-65(59,60)49(2)18-19-49)26-42(55)41-23-36-27-54(41)47(57)39(30-12-6-4-7-13-30)24-44(56)64-43-20-31(43)14-8-5-9-16-38-45(37-15-10-11-17-40(37)52-46(38)63-36)62-35-21-33-28-61-29-34(22-35)51-33/h3,10-11,15,17,30-36,39,41,43,51H,1,4-9,12-14,16,18-29H2,2H3,(H,53,58)/t31-,32-,33?,34?,35?,36-,39+,41+,43-,50-/m1/s1. The van der Waals surface area contributed by atoms with Crippen LogP contribution < -0.4 is 19.5 Å². The van der Waals surface area contributed by atoms with Crippen LogP contribution in [0.5, 0.6) is 11.6 Å². The predicted octanol–water partition coefficient (Wildman–Crippen LogP) is 6.27. The summed E-state index contributed by atoms with van der Waals surface area (Å²) < 4.78 is 53.9. The molecule has 2 amide bonds. The van der Waals surface area contributed by atoms with Crippen molar-refractivity contribution in [1.29, 1.82) is 0 Å². The lowest BCUT2D eigenvalue weighted by atomic mass is 9.77. The molecule has 65 heavy (non-hydrogen) atoms. The van der Waals surface area contributed by atoms with Gasteiger partial charge in [-0.3, -0.25) is 23.9 Å². The van der Waals surface area contributed by atoms with Gasteiger partial charge in [0, 0.05) is 43.2 Å². The molecule has 4 saturated carbocycles. The van der Waals surface area contributed by atoms with Crippen molar-refractivity contribution in [3.05, 3.63) is 42.5 Å². The smallest absolute Gasteiger partial charge is 0.306 e. The van der Waals surface area contributed by atoms with E-state index in [9.17, 15) is 22.8 Å². The van der Waals surface area contributed by atoms with Crippen molar-refractivity contribution in [1.82, 2.24) is 19.9 Å². The number of nitrogens with one attached hydrogen (secondary N) is 2. The molecule has 0 radical (unpaired) electrons. The summed E-state index contributed by atoms with van der Waals surface area (Å²) in [5.74, 6) is -1.31. The highest BCUT2D eigenvalue weighted by Crippen LogP contribution is 2.57. The van der Waals surface area contributed by atoms with Crippen LogP contribution in [0.25, 0.3) is 10.9 Å². The topological polar surface area (TPSA) is 180 Å². The third-order valence-corrected chi connectivity index (χ3v) is 18.5. The van der Waals surface area contributed by atoms with Gasteiger partial charge in [0.2, 0.25) is 27.7 Å². The number of amides is 2. The molecule has 4 aliphatic heterocycles. The molecule has 7 fully saturated rings. The number of sulfonamides is 1. The van der Waals surface area contributed by atoms with Crippen LogP contribution in [0, 0.1) is 29.1 Å². The highest BCUT2D eigenvalue weighted by Gasteiger charge is 2.62. The van der Waals surface area contributed by atoms with E-state index in [2.05, 4.69) is 22.7 Å². The van der Waals surface area contributed by atoms with E-state index in [0.717, 1.165) is 99.3 Å². The Bertz CT molecular complexity index is 2300. The number of para-hydroxylation sites is 1. The molecule has 4 aliphatic carbocycles. The van der Waals surface area contributed by atoms with Crippen LogP contribution in [-0.2, 0) is 45.1 Å². The van der Waals surface area contributed by atoms with Gasteiger partial charge in [-0.05, 0) is 94.6 Å². The second-order valence-corrected chi connectivity index (χ2v) is 23.3. The Morgan fingerprint density at radius 1 is 0.969 bits per heavy atom. The number of morpholine rings is 1. The lowest BCUT2D eigenvalue weighted by Crippen LogP contribution is -2.56. The highest BCUT2D eigenvalue weighted by molar-refractivity contribution is 7.91. The molecular formula is C50H66N4O10S. The van der Waals surface area contributed by atoms with Gasteiger partial charge in [-0.25, -0.2) is 13.4 Å². The minimum atomic E-state index is -3.97. The quantitative estimate of drug-likeness (QED) is 0.202. The molecule has 2 N–H and O–H groups in total. The number of allylic oxidation sites excluding steroid dienone is 1. The van der Waals surface area contributed by atoms with E-state index in [4.69, 9.17) is 23.9 Å². The maximum atomic E-state index is 15.3. The van der Waals surface area contributed by atoms with Crippen molar-refractivity contribution in [3.63, 3.8) is 0 Å². The number of nitrogens with zero attached hydrogens (tertiary/aromatic N) is 2. The average Bonchev–Trinajstić information content (AvgIpc) is 4.25. The summed E-state index contributed by atoms with van der Waals surface area (Å²) >= 11 is 0. The molecule has 8 aliphatic rings. The van der Waals surface area contributed by atoms with Gasteiger partial charge in [0.1, 0.15) is 24.1 Å². The number of pyridine rings is 1. The van der Waals surface area contributed by atoms with Crippen molar-refractivity contribution >= 4 is 44.5 Å². The Balaban J connectivity index is 0.997. The molecular weight excluding hydrogens is 849 g/mol. The molecule has 4 bridgehead atoms. The van der Waals surface area contributed by atoms with Gasteiger partial charge >= 0.3 is 5.97 Å². The lowest BCUT2D eigenvalue weighted by molar-refractivity contribution is -0.153. The van der Waals surface area contributed by atoms with E-state index in [0.29, 0.717) is 44.3 Å². The summed E-state index contributed by atoms with van der Waals surface area (Å²) in [4.78, 5) is 64.7. The fourth-order valence-electron chi connectivity index (χ4n) is 11.9. The molecule has 15 heteroatoms. The van der Waals surface area contributed by atoms with Crippen molar-refractivity contribution in [2.45, 2.75) is 170 Å². The third-order valence-electron chi connectivity index (χ3n) is 16.3. The number of esters is 1. The van der Waals surface area contributed by atoms with E-state index in [1.54, 1.807) is 17.9 Å². The summed E-state index contributed by atoms with van der Waals surface area (Å²) in [5.41, 5.74) is 0.300. The fraction of sp³-hybridized carbons (Fsp3) is 0.700. The number of fused-ring (bicyclic) bond motifs is 7. The van der Waals surface area contributed by atoms with E-state index in [1.165, 1.54) is 0 Å². The van der Waals surface area contributed by atoms with Gasteiger partial charge in [0.15, 0.2) is 5.78 Å². The molecule has 0 spiro atoms. The van der Waals surface area contributed by atoms with Gasteiger partial charge < -0.3 is 29.2 Å². The number of ether oxygens (including phenoxy) is 4. The molecule has 1 aromatic carbocycles. The van der Waals surface area contributed by atoms with Gasteiger partial charge in [0.05, 0.1) is 59.4 Å². The van der Waals surface area contributed by atoms with Gasteiger partial charge in [0.25, 0.3) is 0 Å². The van der Waals surface area contributed by atoms with Crippen LogP contribution in [0.15, 0.2) is 36.9 Å². The monoisotopic (exact) mass is 914 g/mol. The van der Waals surface area contributed by atoms with Crippen LogP contribution >= 0.6 is 0 Å². The molecule has 1 aromatic heterocycles. The number of ketones is 1. The molecule has 2 unspecified atom stereocenters. The normalized spacial score (nSPS) is 35.0. The summed E-state index contributed by atoms with van der Waals surface area (Å²) in [6, 6.07) is 7.39. The molecule has 3 saturated heterocycles. The van der Waals surface area contributed by atoms with Crippen molar-refractivity contribution < 1.29 is 46.5 Å². The minimum Gasteiger partial charge on any atom is -0.489 e. The van der Waals surface area contributed by atoms with E-state index >= 15 is 4.79 Å². The van der Waals surface area contributed by atoms with Crippen molar-refractivity contribution in [2.24, 2.45) is 29.1 Å². The second-order valence-electron chi connectivity index (χ2n) is 21.1. The number of carbonyl (C=O) groups excluding carboxylic acids is 4. The zero-order valence-electron chi connectivity index (χ0n) is 37.8. The first-order valence-corrected chi connectivity index (χ1v) is 26.1. The summed E-state index contributed by atoms with van der Waals surface area (Å²) in [5, 5.41) is 4.59. The second kappa shape index (κ2) is 17.9. The Hall–Kier alpha value is -4.08. The first-order valence-electron chi connectivity index (χ1n) is 24.6. The van der Waals surface area contributed by atoms with Crippen LogP contribution in [0.1, 0.15) is 128 Å². The number of hydrogen-bond donors (Lipinski definition) is 2. The summed E-state index contributed by atoms with van der Waals surface area (Å²) in [6.45, 7) is 6.91. The maximum absolute atomic E-state index is 15.3. The van der Waals surface area contributed by atoms with Gasteiger partial charge in [-0.2, -0.15) is 0 Å². The Morgan fingerprint density at radius 3 is 2.42 bits per heavy atom. The Kier molecular flexibility index (Phi) is 12.3. The Morgan fingerprint density at radius 2 is 1.69 bits per heavy atom. The van der Waals surface area contributed by atoms with Crippen molar-refractivity contribution in [3.8, 4) is 11.6 Å². The zero-order chi connectivity index (χ0) is 45.1. The van der Waals surface area contributed by atoms with Crippen LogP contribution in [-0.4, -0.2) is 103 Å².